The van der Waals surface area contributed by atoms with Crippen LogP contribution in [-0.4, -0.2) is 59.4 Å². The van der Waals surface area contributed by atoms with Crippen LogP contribution in [-0.2, 0) is 20.8 Å². The average Bonchev–Trinajstić information content (AvgIpc) is 2.55. The molecule has 2 aliphatic rings. The van der Waals surface area contributed by atoms with Crippen LogP contribution in [0, 0.1) is 5.92 Å². The third-order valence-corrected chi connectivity index (χ3v) is 5.02. The van der Waals surface area contributed by atoms with Gasteiger partial charge in [0.25, 0.3) is 0 Å². The first-order valence-electron chi connectivity index (χ1n) is 8.30. The molecule has 2 amide bonds. The van der Waals surface area contributed by atoms with Crippen LogP contribution >= 0.6 is 0 Å². The maximum absolute atomic E-state index is 12.5. The molecule has 3 rings (SSSR count). The maximum atomic E-state index is 12.5. The zero-order chi connectivity index (χ0) is 17.3. The van der Waals surface area contributed by atoms with Gasteiger partial charge in [0.1, 0.15) is 0 Å². The quantitative estimate of drug-likeness (QED) is 0.897. The van der Waals surface area contributed by atoms with Crippen molar-refractivity contribution in [3.8, 4) is 0 Å². The van der Waals surface area contributed by atoms with Gasteiger partial charge >= 0.3 is 5.97 Å². The van der Waals surface area contributed by atoms with E-state index in [1.807, 2.05) is 24.3 Å². The summed E-state index contributed by atoms with van der Waals surface area (Å²) in [6.07, 6.45) is 2.02. The molecule has 1 saturated heterocycles. The summed E-state index contributed by atoms with van der Waals surface area (Å²) in [6, 6.07) is 7.86. The Morgan fingerprint density at radius 2 is 2.04 bits per heavy atom. The molecule has 1 N–H and O–H groups in total. The van der Waals surface area contributed by atoms with Gasteiger partial charge in [0.05, 0.1) is 18.4 Å². The molecule has 0 radical (unpaired) electrons. The number of fused-ring (bicyclic) bond motifs is 1. The number of amides is 2. The number of piperidine rings is 1. The molecular weight excluding hydrogens is 308 g/mol. The van der Waals surface area contributed by atoms with Gasteiger partial charge in [0.15, 0.2) is 0 Å². The minimum Gasteiger partial charge on any atom is -0.481 e. The van der Waals surface area contributed by atoms with Crippen LogP contribution in [0.1, 0.15) is 29.9 Å². The zero-order valence-electron chi connectivity index (χ0n) is 13.8. The van der Waals surface area contributed by atoms with Crippen molar-refractivity contribution >= 4 is 17.8 Å². The number of likely N-dealkylation sites (tertiary alicyclic amines) is 1. The zero-order valence-corrected chi connectivity index (χ0v) is 13.8. The Labute approximate surface area is 141 Å². The first-order chi connectivity index (χ1) is 11.5. The molecule has 128 valence electrons. The summed E-state index contributed by atoms with van der Waals surface area (Å²) >= 11 is 0. The third kappa shape index (κ3) is 3.13. The second-order valence-corrected chi connectivity index (χ2v) is 6.67. The second-order valence-electron chi connectivity index (χ2n) is 6.67. The van der Waals surface area contributed by atoms with Gasteiger partial charge in [-0.05, 0) is 30.4 Å². The van der Waals surface area contributed by atoms with Crippen molar-refractivity contribution in [3.05, 3.63) is 35.4 Å². The second kappa shape index (κ2) is 6.63. The van der Waals surface area contributed by atoms with Crippen molar-refractivity contribution in [1.29, 1.82) is 0 Å². The van der Waals surface area contributed by atoms with Crippen LogP contribution in [0.4, 0.5) is 0 Å². The van der Waals surface area contributed by atoms with Crippen LogP contribution in [0.3, 0.4) is 0 Å². The Bertz CT molecular complexity index is 673. The minimum absolute atomic E-state index is 0.00381. The van der Waals surface area contributed by atoms with Crippen LogP contribution in [0.5, 0.6) is 0 Å². The van der Waals surface area contributed by atoms with E-state index in [2.05, 4.69) is 0 Å². The lowest BCUT2D eigenvalue weighted by Gasteiger charge is -2.34. The highest BCUT2D eigenvalue weighted by molar-refractivity contribution is 5.90. The lowest BCUT2D eigenvalue weighted by atomic mass is 9.77. The standard InChI is InChI=1S/C18H22N2O4/c1-19(17(22)15-9-12-5-2-3-7-14(12)15)11-16(21)20-8-4-6-13(10-20)18(23)24/h2-3,5,7,13,15H,4,6,8-11H2,1H3,(H,23,24). The lowest BCUT2D eigenvalue weighted by molar-refractivity contribution is -0.147. The highest BCUT2D eigenvalue weighted by Crippen LogP contribution is 2.35. The molecule has 2 unspecified atom stereocenters. The molecule has 0 saturated carbocycles. The van der Waals surface area contributed by atoms with E-state index in [9.17, 15) is 14.4 Å². The summed E-state index contributed by atoms with van der Waals surface area (Å²) in [5, 5.41) is 9.11. The number of benzene rings is 1. The van der Waals surface area contributed by atoms with Gasteiger partial charge < -0.3 is 14.9 Å². The van der Waals surface area contributed by atoms with E-state index in [1.54, 1.807) is 11.9 Å². The smallest absolute Gasteiger partial charge is 0.308 e. The molecule has 2 atom stereocenters. The lowest BCUT2D eigenvalue weighted by Crippen LogP contribution is -2.48. The highest BCUT2D eigenvalue weighted by atomic mass is 16.4. The topological polar surface area (TPSA) is 77.9 Å². The SMILES string of the molecule is CN(CC(=O)N1CCCC(C(=O)O)C1)C(=O)C1Cc2ccccc21. The molecule has 1 heterocycles. The van der Waals surface area contributed by atoms with Crippen LogP contribution in [0.2, 0.25) is 0 Å². The van der Waals surface area contributed by atoms with Gasteiger partial charge in [-0.2, -0.15) is 0 Å². The average molecular weight is 330 g/mol. The molecule has 6 nitrogen and oxygen atoms in total. The number of carbonyl (C=O) groups is 3. The number of nitrogens with zero attached hydrogens (tertiary/aromatic N) is 2. The molecule has 0 bridgehead atoms. The van der Waals surface area contributed by atoms with Gasteiger partial charge in [-0.25, -0.2) is 0 Å². The van der Waals surface area contributed by atoms with E-state index in [0.29, 0.717) is 19.4 Å². The molecule has 1 aliphatic heterocycles. The summed E-state index contributed by atoms with van der Waals surface area (Å²) in [7, 11) is 1.64. The maximum Gasteiger partial charge on any atom is 0.308 e. The van der Waals surface area contributed by atoms with Crippen molar-refractivity contribution in [3.63, 3.8) is 0 Å². The molecule has 0 aromatic heterocycles. The third-order valence-electron chi connectivity index (χ3n) is 5.02. The molecule has 1 fully saturated rings. The molecule has 6 heteroatoms. The summed E-state index contributed by atoms with van der Waals surface area (Å²) in [6.45, 7) is 0.809. The fourth-order valence-electron chi connectivity index (χ4n) is 3.53. The molecule has 1 aromatic rings. The molecule has 0 spiro atoms. The van der Waals surface area contributed by atoms with Crippen molar-refractivity contribution in [1.82, 2.24) is 9.80 Å². The van der Waals surface area contributed by atoms with E-state index >= 15 is 0 Å². The van der Waals surface area contributed by atoms with Crippen LogP contribution < -0.4 is 0 Å². The monoisotopic (exact) mass is 330 g/mol. The van der Waals surface area contributed by atoms with E-state index in [-0.39, 0.29) is 30.8 Å². The minimum atomic E-state index is -0.858. The summed E-state index contributed by atoms with van der Waals surface area (Å²) < 4.78 is 0. The Balaban J connectivity index is 1.57. The predicted octanol–water partition coefficient (Wildman–Crippen LogP) is 1.11. The summed E-state index contributed by atoms with van der Waals surface area (Å²) in [5.41, 5.74) is 2.24. The number of carboxylic acid groups (broad SMARTS) is 1. The van der Waals surface area contributed by atoms with Crippen molar-refractivity contribution in [2.24, 2.45) is 5.92 Å². The predicted molar refractivity (Wildman–Crippen MR) is 87.5 cm³/mol. The number of carboxylic acids is 1. The number of hydrogen-bond acceptors (Lipinski definition) is 3. The van der Waals surface area contributed by atoms with Crippen molar-refractivity contribution in [2.75, 3.05) is 26.7 Å². The Morgan fingerprint density at radius 3 is 2.75 bits per heavy atom. The molecule has 1 aliphatic carbocycles. The van der Waals surface area contributed by atoms with E-state index in [1.165, 1.54) is 10.5 Å². The van der Waals surface area contributed by atoms with Gasteiger partial charge in [-0.3, -0.25) is 14.4 Å². The summed E-state index contributed by atoms with van der Waals surface area (Å²) in [5.74, 6) is -1.74. The molecule has 1 aromatic carbocycles. The van der Waals surface area contributed by atoms with Crippen molar-refractivity contribution < 1.29 is 19.5 Å². The van der Waals surface area contributed by atoms with Gasteiger partial charge in [0, 0.05) is 20.1 Å². The van der Waals surface area contributed by atoms with E-state index in [0.717, 1.165) is 12.0 Å². The van der Waals surface area contributed by atoms with Gasteiger partial charge in [-0.15, -0.1) is 0 Å². The van der Waals surface area contributed by atoms with Gasteiger partial charge in [0.2, 0.25) is 11.8 Å². The number of carbonyl (C=O) groups excluding carboxylic acids is 2. The van der Waals surface area contributed by atoms with Crippen molar-refractivity contribution in [2.45, 2.75) is 25.2 Å². The van der Waals surface area contributed by atoms with Crippen LogP contribution in [0.15, 0.2) is 24.3 Å². The first-order valence-corrected chi connectivity index (χ1v) is 8.30. The Kier molecular flexibility index (Phi) is 4.55. The number of hydrogen-bond donors (Lipinski definition) is 1. The summed E-state index contributed by atoms with van der Waals surface area (Å²) in [4.78, 5) is 39.1. The number of likely N-dealkylation sites (N-methyl/N-ethyl adjacent to an activating group) is 1. The Morgan fingerprint density at radius 1 is 1.29 bits per heavy atom. The first kappa shape index (κ1) is 16.5. The number of rotatable bonds is 4. The number of aliphatic carboxylic acids is 1. The van der Waals surface area contributed by atoms with E-state index < -0.39 is 11.9 Å². The molecule has 24 heavy (non-hydrogen) atoms. The fourth-order valence-corrected chi connectivity index (χ4v) is 3.53. The largest absolute Gasteiger partial charge is 0.481 e. The van der Waals surface area contributed by atoms with Crippen LogP contribution in [0.25, 0.3) is 0 Å². The molecular formula is C18H22N2O4. The van der Waals surface area contributed by atoms with E-state index in [4.69, 9.17) is 5.11 Å². The highest BCUT2D eigenvalue weighted by Gasteiger charge is 2.35. The Hall–Kier alpha value is -2.37. The normalized spacial score (nSPS) is 22.3. The fraction of sp³-hybridized carbons (Fsp3) is 0.500. The van der Waals surface area contributed by atoms with Gasteiger partial charge in [-0.1, -0.05) is 24.3 Å².